The minimum absolute atomic E-state index is 0.143. The van der Waals surface area contributed by atoms with E-state index in [1.165, 1.54) is 10.7 Å². The van der Waals surface area contributed by atoms with Crippen LogP contribution < -0.4 is 10.3 Å². The van der Waals surface area contributed by atoms with E-state index in [1.54, 1.807) is 19.3 Å². The molecule has 17 heavy (non-hydrogen) atoms. The van der Waals surface area contributed by atoms with Crippen LogP contribution >= 0.6 is 0 Å². The van der Waals surface area contributed by atoms with Crippen molar-refractivity contribution in [2.24, 2.45) is 7.05 Å². The first-order chi connectivity index (χ1) is 8.22. The highest BCUT2D eigenvalue weighted by Gasteiger charge is 2.08. The number of hydrogen-bond acceptors (Lipinski definition) is 4. The van der Waals surface area contributed by atoms with Crippen molar-refractivity contribution >= 4 is 0 Å². The van der Waals surface area contributed by atoms with Crippen LogP contribution in [-0.2, 0) is 7.05 Å². The molecule has 0 amide bonds. The Kier molecular flexibility index (Phi) is 3.18. The van der Waals surface area contributed by atoms with Gasteiger partial charge in [-0.1, -0.05) is 0 Å². The highest BCUT2D eigenvalue weighted by atomic mass is 16.5. The van der Waals surface area contributed by atoms with Crippen molar-refractivity contribution in [2.45, 2.75) is 6.92 Å². The molecular weight excluding hydrogens is 218 g/mol. The van der Waals surface area contributed by atoms with Gasteiger partial charge in [0.2, 0.25) is 5.88 Å². The third-order valence-corrected chi connectivity index (χ3v) is 2.29. The van der Waals surface area contributed by atoms with Crippen LogP contribution in [0.1, 0.15) is 6.92 Å². The molecule has 5 heteroatoms. The minimum Gasteiger partial charge on any atom is -0.477 e. The predicted octanol–water partition coefficient (Wildman–Crippen LogP) is 1.24. The first-order valence-corrected chi connectivity index (χ1v) is 5.35. The number of ether oxygens (including phenoxy) is 1. The molecule has 0 fully saturated rings. The molecule has 0 spiro atoms. The fourth-order valence-electron chi connectivity index (χ4n) is 1.48. The smallest absolute Gasteiger partial charge is 0.266 e. The van der Waals surface area contributed by atoms with E-state index in [4.69, 9.17) is 4.74 Å². The van der Waals surface area contributed by atoms with Crippen LogP contribution in [0.15, 0.2) is 35.3 Å². The first kappa shape index (κ1) is 11.3. The summed E-state index contributed by atoms with van der Waals surface area (Å²) < 4.78 is 6.71. The Morgan fingerprint density at radius 3 is 2.88 bits per heavy atom. The second kappa shape index (κ2) is 4.78. The Morgan fingerprint density at radius 1 is 1.35 bits per heavy atom. The van der Waals surface area contributed by atoms with E-state index in [-0.39, 0.29) is 5.56 Å². The lowest BCUT2D eigenvalue weighted by Gasteiger charge is -2.08. The lowest BCUT2D eigenvalue weighted by molar-refractivity contribution is 0.328. The van der Waals surface area contributed by atoms with Crippen molar-refractivity contribution in [2.75, 3.05) is 6.61 Å². The molecule has 0 aliphatic heterocycles. The van der Waals surface area contributed by atoms with Crippen LogP contribution in [0.3, 0.4) is 0 Å². The average Bonchev–Trinajstić information content (AvgIpc) is 2.34. The number of hydrogen-bond donors (Lipinski definition) is 0. The Labute approximate surface area is 98.7 Å². The standard InChI is InChI=1S/C12H13N3O2/c1-3-17-12-9(5-4-8-13-12)10-6-7-11(16)15(2)14-10/h4-8H,3H2,1-2H3. The van der Waals surface area contributed by atoms with E-state index in [2.05, 4.69) is 10.1 Å². The van der Waals surface area contributed by atoms with Crippen molar-refractivity contribution in [1.82, 2.24) is 14.8 Å². The van der Waals surface area contributed by atoms with Gasteiger partial charge < -0.3 is 4.74 Å². The molecule has 0 bridgehead atoms. The maximum absolute atomic E-state index is 11.3. The fourth-order valence-corrected chi connectivity index (χ4v) is 1.48. The van der Waals surface area contributed by atoms with Gasteiger partial charge in [0.1, 0.15) is 0 Å². The fraction of sp³-hybridized carbons (Fsp3) is 0.250. The van der Waals surface area contributed by atoms with Gasteiger partial charge in [0, 0.05) is 19.3 Å². The third-order valence-electron chi connectivity index (χ3n) is 2.29. The Hall–Kier alpha value is -2.17. The summed E-state index contributed by atoms with van der Waals surface area (Å²) in [6.07, 6.45) is 1.66. The van der Waals surface area contributed by atoms with Gasteiger partial charge in [-0.25, -0.2) is 9.67 Å². The van der Waals surface area contributed by atoms with Crippen LogP contribution in [0.25, 0.3) is 11.3 Å². The van der Waals surface area contributed by atoms with Crippen LogP contribution in [0, 0.1) is 0 Å². The zero-order valence-electron chi connectivity index (χ0n) is 9.75. The summed E-state index contributed by atoms with van der Waals surface area (Å²) in [4.78, 5) is 15.4. The SMILES string of the molecule is CCOc1ncccc1-c1ccc(=O)n(C)n1. The summed E-state index contributed by atoms with van der Waals surface area (Å²) >= 11 is 0. The lowest BCUT2D eigenvalue weighted by atomic mass is 10.2. The first-order valence-electron chi connectivity index (χ1n) is 5.35. The molecule has 2 aromatic rings. The molecule has 0 radical (unpaired) electrons. The largest absolute Gasteiger partial charge is 0.477 e. The average molecular weight is 231 g/mol. The van der Waals surface area contributed by atoms with E-state index < -0.39 is 0 Å². The molecule has 0 aromatic carbocycles. The number of pyridine rings is 1. The van der Waals surface area contributed by atoms with Crippen molar-refractivity contribution in [3.63, 3.8) is 0 Å². The van der Waals surface area contributed by atoms with Crippen molar-refractivity contribution in [1.29, 1.82) is 0 Å². The summed E-state index contributed by atoms with van der Waals surface area (Å²) in [6, 6.07) is 6.82. The Bertz CT molecular complexity index is 578. The number of rotatable bonds is 3. The molecule has 0 N–H and O–H groups in total. The minimum atomic E-state index is -0.143. The van der Waals surface area contributed by atoms with Gasteiger partial charge in [0.15, 0.2) is 0 Å². The van der Waals surface area contributed by atoms with Gasteiger partial charge >= 0.3 is 0 Å². The monoisotopic (exact) mass is 231 g/mol. The number of aromatic nitrogens is 3. The molecule has 0 aliphatic carbocycles. The Balaban J connectivity index is 2.52. The van der Waals surface area contributed by atoms with Crippen LogP contribution in [0.5, 0.6) is 5.88 Å². The summed E-state index contributed by atoms with van der Waals surface area (Å²) in [5.41, 5.74) is 1.31. The van der Waals surface area contributed by atoms with Gasteiger partial charge in [0.25, 0.3) is 5.56 Å². The summed E-state index contributed by atoms with van der Waals surface area (Å²) in [7, 11) is 1.61. The highest BCUT2D eigenvalue weighted by molar-refractivity contribution is 5.63. The quantitative estimate of drug-likeness (QED) is 0.797. The van der Waals surface area contributed by atoms with Gasteiger partial charge in [-0.15, -0.1) is 0 Å². The van der Waals surface area contributed by atoms with Crippen LogP contribution in [0.4, 0.5) is 0 Å². The zero-order chi connectivity index (χ0) is 12.3. The maximum atomic E-state index is 11.3. The second-order valence-electron chi connectivity index (χ2n) is 3.47. The van der Waals surface area contributed by atoms with Crippen LogP contribution in [0.2, 0.25) is 0 Å². The topological polar surface area (TPSA) is 57.0 Å². The van der Waals surface area contributed by atoms with Crippen molar-refractivity contribution < 1.29 is 4.74 Å². The van der Waals surface area contributed by atoms with Gasteiger partial charge in [-0.2, -0.15) is 5.10 Å². The molecule has 2 rings (SSSR count). The Morgan fingerprint density at radius 2 is 2.18 bits per heavy atom. The molecule has 2 aromatic heterocycles. The summed E-state index contributed by atoms with van der Waals surface area (Å²) in [6.45, 7) is 2.43. The van der Waals surface area contributed by atoms with E-state index in [0.717, 1.165) is 5.56 Å². The van der Waals surface area contributed by atoms with Crippen molar-refractivity contribution in [3.8, 4) is 17.1 Å². The molecular formula is C12H13N3O2. The van der Waals surface area contributed by atoms with Gasteiger partial charge in [-0.05, 0) is 25.1 Å². The molecule has 0 unspecified atom stereocenters. The predicted molar refractivity (Wildman–Crippen MR) is 63.9 cm³/mol. The molecule has 5 nitrogen and oxygen atoms in total. The van der Waals surface area contributed by atoms with E-state index in [1.807, 2.05) is 19.1 Å². The molecule has 88 valence electrons. The third kappa shape index (κ3) is 2.33. The maximum Gasteiger partial charge on any atom is 0.266 e. The number of aryl methyl sites for hydroxylation is 1. The highest BCUT2D eigenvalue weighted by Crippen LogP contribution is 2.24. The second-order valence-corrected chi connectivity index (χ2v) is 3.47. The van der Waals surface area contributed by atoms with E-state index in [9.17, 15) is 4.79 Å². The van der Waals surface area contributed by atoms with E-state index >= 15 is 0 Å². The zero-order valence-corrected chi connectivity index (χ0v) is 9.75. The molecule has 0 saturated carbocycles. The van der Waals surface area contributed by atoms with Gasteiger partial charge in [0.05, 0.1) is 17.9 Å². The molecule has 2 heterocycles. The van der Waals surface area contributed by atoms with Gasteiger partial charge in [-0.3, -0.25) is 4.79 Å². The molecule has 0 atom stereocenters. The van der Waals surface area contributed by atoms with E-state index in [0.29, 0.717) is 18.2 Å². The molecule has 0 aliphatic rings. The summed E-state index contributed by atoms with van der Waals surface area (Å²) in [5.74, 6) is 0.529. The van der Waals surface area contributed by atoms with Crippen LogP contribution in [-0.4, -0.2) is 21.4 Å². The molecule has 0 saturated heterocycles. The lowest BCUT2D eigenvalue weighted by Crippen LogP contribution is -2.18. The normalized spacial score (nSPS) is 10.2. The summed E-state index contributed by atoms with van der Waals surface area (Å²) in [5, 5.41) is 4.17. The number of nitrogens with zero attached hydrogens (tertiary/aromatic N) is 3. The van der Waals surface area contributed by atoms with Crippen molar-refractivity contribution in [3.05, 3.63) is 40.8 Å².